The van der Waals surface area contributed by atoms with Crippen molar-refractivity contribution in [3.8, 4) is 5.75 Å². The van der Waals surface area contributed by atoms with Crippen LogP contribution in [0.1, 0.15) is 29.3 Å². The lowest BCUT2D eigenvalue weighted by atomic mass is 9.92. The summed E-state index contributed by atoms with van der Waals surface area (Å²) in [5.74, 6) is 0.481. The minimum atomic E-state index is -0.821. The molecule has 0 bridgehead atoms. The second-order valence-electron chi connectivity index (χ2n) is 7.34. The Balaban J connectivity index is 1.83. The van der Waals surface area contributed by atoms with Gasteiger partial charge in [0.2, 0.25) is 0 Å². The number of ether oxygens (including phenoxy) is 2. The zero-order chi connectivity index (χ0) is 22.3. The quantitative estimate of drug-likeness (QED) is 0.573. The van der Waals surface area contributed by atoms with Crippen molar-refractivity contribution >= 4 is 17.7 Å². The van der Waals surface area contributed by atoms with Crippen LogP contribution in [-0.2, 0) is 10.3 Å². The summed E-state index contributed by atoms with van der Waals surface area (Å²) in [5, 5.41) is 0. The second kappa shape index (κ2) is 9.80. The van der Waals surface area contributed by atoms with Crippen molar-refractivity contribution in [3.63, 3.8) is 0 Å². The van der Waals surface area contributed by atoms with Crippen LogP contribution in [-0.4, -0.2) is 25.7 Å². The van der Waals surface area contributed by atoms with Crippen molar-refractivity contribution in [1.82, 2.24) is 0 Å². The van der Waals surface area contributed by atoms with Crippen molar-refractivity contribution in [2.24, 2.45) is 5.73 Å². The fourth-order valence-electron chi connectivity index (χ4n) is 3.30. The molecule has 0 heterocycles. The topological polar surface area (TPSA) is 81.9 Å². The molecule has 6 heteroatoms. The van der Waals surface area contributed by atoms with E-state index >= 15 is 0 Å². The van der Waals surface area contributed by atoms with Crippen LogP contribution < -0.4 is 15.4 Å². The molecule has 3 aromatic carbocycles. The molecular formula is C25H26N2O4. The predicted molar refractivity (Wildman–Crippen MR) is 120 cm³/mol. The number of primary amides is 1. The van der Waals surface area contributed by atoms with E-state index in [-0.39, 0.29) is 12.5 Å². The number of rotatable bonds is 8. The second-order valence-corrected chi connectivity index (χ2v) is 7.34. The molecule has 2 amide bonds. The number of nitrogens with zero attached hydrogens (tertiary/aromatic N) is 1. The van der Waals surface area contributed by atoms with Gasteiger partial charge in [-0.1, -0.05) is 54.6 Å². The Hall–Kier alpha value is -3.80. The summed E-state index contributed by atoms with van der Waals surface area (Å²) >= 11 is 0. The maximum atomic E-state index is 12.8. The fraction of sp³-hybridized carbons (Fsp3) is 0.200. The third-order valence-electron chi connectivity index (χ3n) is 5.08. The van der Waals surface area contributed by atoms with Gasteiger partial charge in [-0.15, -0.1) is 0 Å². The summed E-state index contributed by atoms with van der Waals surface area (Å²) in [6.45, 7) is 2.05. The first kappa shape index (κ1) is 21.9. The van der Waals surface area contributed by atoms with Crippen LogP contribution >= 0.6 is 0 Å². The number of amides is 2. The van der Waals surface area contributed by atoms with Gasteiger partial charge in [-0.3, -0.25) is 4.79 Å². The highest BCUT2D eigenvalue weighted by Crippen LogP contribution is 2.33. The Morgan fingerprint density at radius 3 is 2.23 bits per heavy atom. The van der Waals surface area contributed by atoms with Gasteiger partial charge in [0.15, 0.2) is 0 Å². The molecule has 0 saturated carbocycles. The molecule has 0 fully saturated rings. The van der Waals surface area contributed by atoms with Gasteiger partial charge in [0, 0.05) is 30.8 Å². The van der Waals surface area contributed by atoms with Gasteiger partial charge in [-0.05, 0) is 36.8 Å². The molecule has 160 valence electrons. The number of anilines is 1. The minimum Gasteiger partial charge on any atom is -0.483 e. The third kappa shape index (κ3) is 5.63. The van der Waals surface area contributed by atoms with E-state index in [0.29, 0.717) is 23.4 Å². The van der Waals surface area contributed by atoms with Gasteiger partial charge in [0.25, 0.3) is 5.91 Å². The number of nitrogens with two attached hydrogens (primary N) is 1. The van der Waals surface area contributed by atoms with Gasteiger partial charge < -0.3 is 20.1 Å². The number of carbonyl (C=O) groups is 2. The van der Waals surface area contributed by atoms with Crippen molar-refractivity contribution in [3.05, 3.63) is 96.1 Å². The maximum absolute atomic E-state index is 12.8. The van der Waals surface area contributed by atoms with E-state index in [0.717, 1.165) is 5.56 Å². The normalized spacial score (nSPS) is 12.5. The highest BCUT2D eigenvalue weighted by Gasteiger charge is 2.29. The van der Waals surface area contributed by atoms with Crippen LogP contribution in [0.15, 0.2) is 84.9 Å². The highest BCUT2D eigenvalue weighted by atomic mass is 16.5. The van der Waals surface area contributed by atoms with Gasteiger partial charge in [0.1, 0.15) is 11.4 Å². The van der Waals surface area contributed by atoms with Gasteiger partial charge in [0.05, 0.1) is 6.61 Å². The number of hydrogen-bond donors (Lipinski definition) is 1. The van der Waals surface area contributed by atoms with Crippen LogP contribution in [0.25, 0.3) is 0 Å². The maximum Gasteiger partial charge on any atom is 0.404 e. The smallest absolute Gasteiger partial charge is 0.404 e. The molecule has 1 unspecified atom stereocenters. The Morgan fingerprint density at radius 2 is 1.58 bits per heavy atom. The summed E-state index contributed by atoms with van der Waals surface area (Å²) in [5.41, 5.74) is 6.58. The molecule has 1 atom stereocenters. The molecule has 0 aliphatic heterocycles. The zero-order valence-corrected chi connectivity index (χ0v) is 17.7. The van der Waals surface area contributed by atoms with Crippen LogP contribution in [0.4, 0.5) is 10.5 Å². The molecule has 0 aliphatic carbocycles. The van der Waals surface area contributed by atoms with Crippen LogP contribution in [0, 0.1) is 0 Å². The summed E-state index contributed by atoms with van der Waals surface area (Å²) in [7, 11) is 1.73. The Kier molecular flexibility index (Phi) is 6.92. The molecule has 3 rings (SSSR count). The van der Waals surface area contributed by atoms with E-state index in [1.165, 1.54) is 0 Å². The lowest BCUT2D eigenvalue weighted by Gasteiger charge is -2.31. The molecule has 0 radical (unpaired) electrons. The van der Waals surface area contributed by atoms with E-state index in [9.17, 15) is 9.59 Å². The number of carbonyl (C=O) groups excluding carboxylic acids is 2. The fourth-order valence-corrected chi connectivity index (χ4v) is 3.30. The number of hydrogen-bond acceptors (Lipinski definition) is 4. The predicted octanol–water partition coefficient (Wildman–Crippen LogP) is 4.74. The SMILES string of the molecule is CN(C(=O)c1ccccc1)c1cccc(OC(C)(CCOC(N)=O)c2ccccc2)c1. The van der Waals surface area contributed by atoms with Crippen molar-refractivity contribution in [1.29, 1.82) is 0 Å². The summed E-state index contributed by atoms with van der Waals surface area (Å²) < 4.78 is 11.3. The summed E-state index contributed by atoms with van der Waals surface area (Å²) in [6, 6.07) is 26.1. The van der Waals surface area contributed by atoms with Crippen molar-refractivity contribution in [2.45, 2.75) is 18.9 Å². The first-order valence-electron chi connectivity index (χ1n) is 9.99. The first-order valence-corrected chi connectivity index (χ1v) is 9.99. The standard InChI is InChI=1S/C25H26N2O4/c1-25(16-17-30-24(26)29,20-12-7-4-8-13-20)31-22-15-9-14-21(18-22)27(2)23(28)19-10-5-3-6-11-19/h3-15,18H,16-17H2,1-2H3,(H2,26,29). The van der Waals surface area contributed by atoms with Crippen LogP contribution in [0.2, 0.25) is 0 Å². The molecule has 0 aromatic heterocycles. The number of benzene rings is 3. The van der Waals surface area contributed by atoms with Crippen molar-refractivity contribution in [2.75, 3.05) is 18.6 Å². The molecule has 6 nitrogen and oxygen atoms in total. The van der Waals surface area contributed by atoms with Crippen molar-refractivity contribution < 1.29 is 19.1 Å². The Morgan fingerprint density at radius 1 is 0.935 bits per heavy atom. The molecular weight excluding hydrogens is 392 g/mol. The van der Waals surface area contributed by atoms with E-state index in [1.807, 2.05) is 79.7 Å². The zero-order valence-electron chi connectivity index (χ0n) is 17.7. The summed E-state index contributed by atoms with van der Waals surface area (Å²) in [4.78, 5) is 25.4. The molecule has 0 spiro atoms. The highest BCUT2D eigenvalue weighted by molar-refractivity contribution is 6.05. The van der Waals surface area contributed by atoms with E-state index < -0.39 is 11.7 Å². The molecule has 0 saturated heterocycles. The monoisotopic (exact) mass is 418 g/mol. The van der Waals surface area contributed by atoms with Gasteiger partial charge >= 0.3 is 6.09 Å². The average molecular weight is 418 g/mol. The molecule has 0 aliphatic rings. The first-order chi connectivity index (χ1) is 14.9. The molecule has 3 aromatic rings. The Bertz CT molecular complexity index is 1020. The summed E-state index contributed by atoms with van der Waals surface area (Å²) in [6.07, 6.45) is -0.415. The van der Waals surface area contributed by atoms with E-state index in [4.69, 9.17) is 15.2 Å². The van der Waals surface area contributed by atoms with Crippen LogP contribution in [0.5, 0.6) is 5.75 Å². The minimum absolute atomic E-state index is 0.113. The average Bonchev–Trinajstić information content (AvgIpc) is 2.79. The van der Waals surface area contributed by atoms with Crippen LogP contribution in [0.3, 0.4) is 0 Å². The largest absolute Gasteiger partial charge is 0.483 e. The van der Waals surface area contributed by atoms with Gasteiger partial charge in [-0.25, -0.2) is 4.79 Å². The molecule has 2 N–H and O–H groups in total. The van der Waals surface area contributed by atoms with Gasteiger partial charge in [-0.2, -0.15) is 0 Å². The van der Waals surface area contributed by atoms with E-state index in [1.54, 1.807) is 24.1 Å². The van der Waals surface area contributed by atoms with E-state index in [2.05, 4.69) is 0 Å². The lowest BCUT2D eigenvalue weighted by Crippen LogP contribution is -2.32. The third-order valence-corrected chi connectivity index (χ3v) is 5.08. The Labute approximate surface area is 182 Å². The molecule has 31 heavy (non-hydrogen) atoms. The lowest BCUT2D eigenvalue weighted by molar-refractivity contribution is 0.0500.